The summed E-state index contributed by atoms with van der Waals surface area (Å²) in [6, 6.07) is 20.9. The predicted molar refractivity (Wildman–Crippen MR) is 202 cm³/mol. The molecular formula is C42H53IrN2O2S-. The Labute approximate surface area is 305 Å². The van der Waals surface area contributed by atoms with Gasteiger partial charge < -0.3 is 5.11 Å². The van der Waals surface area contributed by atoms with Crippen LogP contribution < -0.4 is 0 Å². The van der Waals surface area contributed by atoms with E-state index in [1.54, 1.807) is 0 Å². The summed E-state index contributed by atoms with van der Waals surface area (Å²) >= 11 is 1.82. The van der Waals surface area contributed by atoms with Gasteiger partial charge >= 0.3 is 0 Å². The molecule has 2 aromatic heterocycles. The Balaban J connectivity index is 0.000000334. The van der Waals surface area contributed by atoms with E-state index in [-0.39, 0.29) is 54.3 Å². The first-order valence-electron chi connectivity index (χ1n) is 17.3. The molecule has 4 nitrogen and oxygen atoms in total. The van der Waals surface area contributed by atoms with Crippen molar-refractivity contribution in [3.05, 3.63) is 83.2 Å². The van der Waals surface area contributed by atoms with Crippen LogP contribution in [0.4, 0.5) is 0 Å². The quantitative estimate of drug-likeness (QED) is 0.0912. The van der Waals surface area contributed by atoms with Gasteiger partial charge in [-0.3, -0.25) is 9.78 Å². The standard InChI is InChI=1S/C29H29N2S.C13H24O2.Ir/c1-28(2,3)17-25-31-24-12-11-21-22(27(24)32-25)13-14-30-26(21)19-15-18-9-7-8-10-20(18)23(16-19)29(4,5)6;1-5-10(6-2)12(14)9-13(15)11(7-3)8-4;/h7-14,16H,17H2,1-6H3;9-11,14H,5-8H2,1-4H3;/q-1;;/b;12-9-;. The zero-order chi connectivity index (χ0) is 34.5. The SMILES string of the molecule is CC(C)(C)Cc1nc2ccc3c(-c4[c-]c5ccccc5c(C(C)(C)C)c4)nccc3c2s1.CCC(CC)C(=O)/C=C(\O)C(CC)CC.[Ir]. The smallest absolute Gasteiger partial charge is 0.162 e. The fourth-order valence-corrected chi connectivity index (χ4v) is 7.58. The van der Waals surface area contributed by atoms with Crippen molar-refractivity contribution in [2.45, 2.75) is 107 Å². The molecule has 0 saturated carbocycles. The number of rotatable bonds is 9. The maximum atomic E-state index is 11.7. The van der Waals surface area contributed by atoms with Crippen LogP contribution >= 0.6 is 11.3 Å². The molecule has 0 bridgehead atoms. The zero-order valence-corrected chi connectivity index (χ0v) is 33.7. The van der Waals surface area contributed by atoms with Gasteiger partial charge in [0.05, 0.1) is 21.0 Å². The van der Waals surface area contributed by atoms with Crippen molar-refractivity contribution in [1.82, 2.24) is 9.97 Å². The summed E-state index contributed by atoms with van der Waals surface area (Å²) in [5, 5.41) is 15.8. The molecule has 3 aromatic carbocycles. The number of fused-ring (bicyclic) bond motifs is 4. The van der Waals surface area contributed by atoms with Gasteiger partial charge in [0.25, 0.3) is 0 Å². The third-order valence-electron chi connectivity index (χ3n) is 8.94. The molecule has 0 aliphatic rings. The molecule has 5 aromatic rings. The maximum absolute atomic E-state index is 11.7. The summed E-state index contributed by atoms with van der Waals surface area (Å²) in [5.41, 5.74) is 4.70. The minimum absolute atomic E-state index is 0. The molecule has 0 spiro atoms. The van der Waals surface area contributed by atoms with Crippen LogP contribution in [0.5, 0.6) is 0 Å². The molecule has 1 N–H and O–H groups in total. The second-order valence-electron chi connectivity index (χ2n) is 14.9. The molecule has 0 unspecified atom stereocenters. The van der Waals surface area contributed by atoms with E-state index in [0.29, 0.717) is 0 Å². The number of aliphatic hydroxyl groups excluding tert-OH is 1. The van der Waals surface area contributed by atoms with Crippen molar-refractivity contribution >= 4 is 48.9 Å². The Morgan fingerprint density at radius 3 is 2.12 bits per heavy atom. The van der Waals surface area contributed by atoms with Crippen molar-refractivity contribution in [3.63, 3.8) is 0 Å². The van der Waals surface area contributed by atoms with Crippen LogP contribution in [-0.4, -0.2) is 20.9 Å². The average molecular weight is 842 g/mol. The second kappa shape index (κ2) is 16.7. The number of allylic oxidation sites excluding steroid dienone is 2. The van der Waals surface area contributed by atoms with Gasteiger partial charge in [-0.2, -0.15) is 0 Å². The number of pyridine rings is 1. The van der Waals surface area contributed by atoms with E-state index in [0.717, 1.165) is 59.7 Å². The van der Waals surface area contributed by atoms with Crippen molar-refractivity contribution in [3.8, 4) is 11.3 Å². The third kappa shape index (κ3) is 9.40. The van der Waals surface area contributed by atoms with Crippen molar-refractivity contribution in [2.24, 2.45) is 17.3 Å². The van der Waals surface area contributed by atoms with E-state index in [9.17, 15) is 9.90 Å². The fourth-order valence-electron chi connectivity index (χ4n) is 6.19. The molecule has 259 valence electrons. The first-order chi connectivity index (χ1) is 22.2. The zero-order valence-electron chi connectivity index (χ0n) is 30.5. The molecule has 48 heavy (non-hydrogen) atoms. The summed E-state index contributed by atoms with van der Waals surface area (Å²) in [7, 11) is 0. The predicted octanol–water partition coefficient (Wildman–Crippen LogP) is 12.2. The van der Waals surface area contributed by atoms with E-state index >= 15 is 0 Å². The molecule has 0 saturated heterocycles. The fraction of sp³-hybridized carbons (Fsp3) is 0.452. The molecular weight excluding hydrogens is 789 g/mol. The largest absolute Gasteiger partial charge is 0.512 e. The minimum Gasteiger partial charge on any atom is -0.512 e. The van der Waals surface area contributed by atoms with E-state index in [1.807, 2.05) is 45.2 Å². The normalized spacial score (nSPS) is 12.5. The van der Waals surface area contributed by atoms with E-state index in [1.165, 1.54) is 32.1 Å². The molecule has 5 rings (SSSR count). The van der Waals surface area contributed by atoms with Crippen LogP contribution in [0.15, 0.2) is 66.6 Å². The molecule has 0 fully saturated rings. The Bertz CT molecular complexity index is 1870. The number of hydrogen-bond donors (Lipinski definition) is 1. The summed E-state index contributed by atoms with van der Waals surface area (Å²) in [6.07, 6.45) is 7.82. The van der Waals surface area contributed by atoms with Crippen LogP contribution in [0.1, 0.15) is 105 Å². The third-order valence-corrected chi connectivity index (χ3v) is 10.0. The van der Waals surface area contributed by atoms with Crippen molar-refractivity contribution in [2.75, 3.05) is 0 Å². The van der Waals surface area contributed by atoms with Crippen LogP contribution in [-0.2, 0) is 36.7 Å². The molecule has 6 heteroatoms. The van der Waals surface area contributed by atoms with E-state index in [4.69, 9.17) is 9.97 Å². The monoisotopic (exact) mass is 842 g/mol. The summed E-state index contributed by atoms with van der Waals surface area (Å²) < 4.78 is 1.25. The number of nitrogens with zero attached hydrogens (tertiary/aromatic N) is 2. The van der Waals surface area contributed by atoms with Crippen LogP contribution in [0.3, 0.4) is 0 Å². The maximum Gasteiger partial charge on any atom is 0.162 e. The van der Waals surface area contributed by atoms with Gasteiger partial charge in [0.15, 0.2) is 5.78 Å². The van der Waals surface area contributed by atoms with Gasteiger partial charge in [0, 0.05) is 56.3 Å². The van der Waals surface area contributed by atoms with E-state index < -0.39 is 0 Å². The number of aliphatic hydroxyl groups is 1. The Morgan fingerprint density at radius 1 is 0.875 bits per heavy atom. The molecule has 0 aliphatic carbocycles. The number of thiazole rings is 1. The van der Waals surface area contributed by atoms with Gasteiger partial charge in [-0.15, -0.1) is 40.5 Å². The Hall–Kier alpha value is -2.92. The first-order valence-corrected chi connectivity index (χ1v) is 18.1. The van der Waals surface area contributed by atoms with Crippen molar-refractivity contribution < 1.29 is 30.0 Å². The molecule has 0 atom stereocenters. The molecule has 0 amide bonds. The molecule has 2 heterocycles. The summed E-state index contributed by atoms with van der Waals surface area (Å²) in [4.78, 5) is 21.5. The number of carbonyl (C=O) groups is 1. The van der Waals surface area contributed by atoms with E-state index in [2.05, 4.69) is 96.1 Å². The van der Waals surface area contributed by atoms with Gasteiger partial charge in [-0.1, -0.05) is 104 Å². The number of hydrogen-bond acceptors (Lipinski definition) is 5. The van der Waals surface area contributed by atoms with Crippen LogP contribution in [0, 0.1) is 23.3 Å². The summed E-state index contributed by atoms with van der Waals surface area (Å²) in [5.74, 6) is 0.547. The Morgan fingerprint density at radius 2 is 1.52 bits per heavy atom. The number of ketones is 1. The first kappa shape index (κ1) is 39.5. The number of carbonyl (C=O) groups excluding carboxylic acids is 1. The average Bonchev–Trinajstić information content (AvgIpc) is 3.42. The van der Waals surface area contributed by atoms with Crippen LogP contribution in [0.25, 0.3) is 43.0 Å². The van der Waals surface area contributed by atoms with Crippen LogP contribution in [0.2, 0.25) is 0 Å². The summed E-state index contributed by atoms with van der Waals surface area (Å²) in [6.45, 7) is 21.7. The number of aromatic nitrogens is 2. The molecule has 1 radical (unpaired) electrons. The molecule has 0 aliphatic heterocycles. The van der Waals surface area contributed by atoms with Gasteiger partial charge in [-0.25, -0.2) is 4.98 Å². The minimum atomic E-state index is 0. The van der Waals surface area contributed by atoms with Gasteiger partial charge in [0.2, 0.25) is 0 Å². The topological polar surface area (TPSA) is 63.1 Å². The van der Waals surface area contributed by atoms with Gasteiger partial charge in [-0.05, 0) is 59.4 Å². The number of benzene rings is 3. The van der Waals surface area contributed by atoms with Crippen molar-refractivity contribution in [1.29, 1.82) is 0 Å². The Kier molecular flexibility index (Phi) is 13.7. The second-order valence-corrected chi connectivity index (χ2v) is 16.0. The van der Waals surface area contributed by atoms with Gasteiger partial charge in [0.1, 0.15) is 0 Å².